The highest BCUT2D eigenvalue weighted by Gasteiger charge is 2.30. The van der Waals surface area contributed by atoms with Gasteiger partial charge in [-0.3, -0.25) is 13.9 Å². The number of benzene rings is 3. The van der Waals surface area contributed by atoms with E-state index in [4.69, 9.17) is 4.74 Å². The fraction of sp³-hybridized carbons (Fsp3) is 0.259. The highest BCUT2D eigenvalue weighted by molar-refractivity contribution is 7.92. The second kappa shape index (κ2) is 11.3. The lowest BCUT2D eigenvalue weighted by Crippen LogP contribution is -2.41. The number of carbonyl (C=O) groups is 2. The lowest BCUT2D eigenvalue weighted by Gasteiger charge is -2.26. The Morgan fingerprint density at radius 3 is 2.17 bits per heavy atom. The van der Waals surface area contributed by atoms with Gasteiger partial charge in [-0.1, -0.05) is 42.5 Å². The Morgan fingerprint density at radius 1 is 0.889 bits per heavy atom. The van der Waals surface area contributed by atoms with Crippen LogP contribution in [0, 0.1) is 0 Å². The van der Waals surface area contributed by atoms with E-state index in [0.29, 0.717) is 12.4 Å². The number of ether oxygens (including phenoxy) is 1. The van der Waals surface area contributed by atoms with E-state index in [1.807, 2.05) is 20.8 Å². The largest absolute Gasteiger partial charge is 0.492 e. The van der Waals surface area contributed by atoms with Gasteiger partial charge in [-0.25, -0.2) is 8.42 Å². The molecule has 0 aromatic heterocycles. The van der Waals surface area contributed by atoms with Crippen LogP contribution >= 0.6 is 0 Å². The molecule has 3 aromatic carbocycles. The van der Waals surface area contributed by atoms with Crippen molar-refractivity contribution < 1.29 is 22.7 Å². The summed E-state index contributed by atoms with van der Waals surface area (Å²) in [6.07, 6.45) is 0. The van der Waals surface area contributed by atoms with Gasteiger partial charge in [0.1, 0.15) is 12.3 Å². The molecule has 2 amide bonds. The van der Waals surface area contributed by atoms with Crippen LogP contribution in [-0.2, 0) is 14.8 Å². The smallest absolute Gasteiger partial charge is 0.264 e. The third kappa shape index (κ3) is 6.63. The van der Waals surface area contributed by atoms with Crippen molar-refractivity contribution in [1.82, 2.24) is 5.32 Å². The molecule has 0 aliphatic rings. The molecule has 9 heteroatoms. The van der Waals surface area contributed by atoms with Crippen LogP contribution in [0.4, 0.5) is 11.4 Å². The normalized spacial score (nSPS) is 11.4. The summed E-state index contributed by atoms with van der Waals surface area (Å²) in [5.41, 5.74) is 0.307. The summed E-state index contributed by atoms with van der Waals surface area (Å²) in [7, 11) is -4.12. The topological polar surface area (TPSA) is 105 Å². The molecular weight excluding hydrogens is 478 g/mol. The lowest BCUT2D eigenvalue weighted by molar-refractivity contribution is -0.114. The third-order valence-corrected chi connectivity index (χ3v) is 6.76. The van der Waals surface area contributed by atoms with Gasteiger partial charge in [-0.2, -0.15) is 0 Å². The Labute approximate surface area is 212 Å². The van der Waals surface area contributed by atoms with Crippen LogP contribution in [0.15, 0.2) is 83.8 Å². The van der Waals surface area contributed by atoms with Gasteiger partial charge < -0.3 is 15.4 Å². The first-order chi connectivity index (χ1) is 17.0. The van der Waals surface area contributed by atoms with Crippen LogP contribution in [0.3, 0.4) is 0 Å². The third-order valence-electron chi connectivity index (χ3n) is 4.99. The number of hydrogen-bond acceptors (Lipinski definition) is 5. The van der Waals surface area contributed by atoms with Crippen LogP contribution in [-0.4, -0.2) is 38.9 Å². The number of rotatable bonds is 9. The van der Waals surface area contributed by atoms with E-state index >= 15 is 0 Å². The number of hydrogen-bond donors (Lipinski definition) is 2. The average molecular weight is 510 g/mol. The van der Waals surface area contributed by atoms with Gasteiger partial charge in [0.25, 0.3) is 15.9 Å². The van der Waals surface area contributed by atoms with E-state index in [-0.39, 0.29) is 27.7 Å². The molecule has 0 saturated heterocycles. The van der Waals surface area contributed by atoms with Crippen molar-refractivity contribution in [2.24, 2.45) is 0 Å². The molecule has 0 atom stereocenters. The summed E-state index contributed by atoms with van der Waals surface area (Å²) in [6.45, 7) is 7.14. The summed E-state index contributed by atoms with van der Waals surface area (Å²) < 4.78 is 33.9. The summed E-state index contributed by atoms with van der Waals surface area (Å²) >= 11 is 0. The molecule has 190 valence electrons. The van der Waals surface area contributed by atoms with Crippen molar-refractivity contribution in [3.63, 3.8) is 0 Å². The molecule has 0 aliphatic carbocycles. The molecule has 0 unspecified atom stereocenters. The van der Waals surface area contributed by atoms with Crippen molar-refractivity contribution >= 4 is 33.2 Å². The minimum Gasteiger partial charge on any atom is -0.492 e. The van der Waals surface area contributed by atoms with Crippen LogP contribution in [0.25, 0.3) is 0 Å². The molecular formula is C27H31N3O5S. The van der Waals surface area contributed by atoms with Crippen LogP contribution < -0.4 is 19.7 Å². The van der Waals surface area contributed by atoms with E-state index in [9.17, 15) is 18.0 Å². The zero-order valence-corrected chi connectivity index (χ0v) is 21.6. The highest BCUT2D eigenvalue weighted by Crippen LogP contribution is 2.32. The molecule has 3 rings (SSSR count). The Morgan fingerprint density at radius 2 is 1.50 bits per heavy atom. The number of nitrogens with zero attached hydrogens (tertiary/aromatic N) is 1. The minimum atomic E-state index is -4.12. The predicted molar refractivity (Wildman–Crippen MR) is 141 cm³/mol. The first-order valence-corrected chi connectivity index (χ1v) is 13.0. The highest BCUT2D eigenvalue weighted by atomic mass is 32.2. The Kier molecular flexibility index (Phi) is 8.37. The van der Waals surface area contributed by atoms with Crippen molar-refractivity contribution in [2.75, 3.05) is 22.8 Å². The number of anilines is 2. The Hall–Kier alpha value is -3.85. The fourth-order valence-electron chi connectivity index (χ4n) is 3.48. The number of sulfonamides is 1. The van der Waals surface area contributed by atoms with E-state index < -0.39 is 28.0 Å². The molecule has 8 nitrogen and oxygen atoms in total. The van der Waals surface area contributed by atoms with Crippen LogP contribution in [0.5, 0.6) is 5.75 Å². The lowest BCUT2D eigenvalue weighted by atomic mass is 10.1. The summed E-state index contributed by atoms with van der Waals surface area (Å²) in [4.78, 5) is 26.0. The molecule has 36 heavy (non-hydrogen) atoms. The molecule has 0 fully saturated rings. The first kappa shape index (κ1) is 26.7. The zero-order chi connectivity index (χ0) is 26.3. The number of nitrogens with one attached hydrogen (secondary N) is 2. The van der Waals surface area contributed by atoms with Gasteiger partial charge in [0.2, 0.25) is 5.91 Å². The SMILES string of the molecule is CCOc1ccccc1N(CC(=O)Nc1ccccc1C(=O)NC(C)(C)C)S(=O)(=O)c1ccccc1. The second-order valence-electron chi connectivity index (χ2n) is 9.02. The van der Waals surface area contributed by atoms with Gasteiger partial charge >= 0.3 is 0 Å². The molecule has 3 aromatic rings. The maximum atomic E-state index is 13.6. The van der Waals surface area contributed by atoms with E-state index in [2.05, 4.69) is 10.6 Å². The van der Waals surface area contributed by atoms with Gasteiger partial charge in [-0.15, -0.1) is 0 Å². The number of para-hydroxylation sites is 3. The van der Waals surface area contributed by atoms with Crippen molar-refractivity contribution in [3.05, 3.63) is 84.4 Å². The second-order valence-corrected chi connectivity index (χ2v) is 10.9. The van der Waals surface area contributed by atoms with Crippen molar-refractivity contribution in [1.29, 1.82) is 0 Å². The monoisotopic (exact) mass is 509 g/mol. The van der Waals surface area contributed by atoms with E-state index in [0.717, 1.165) is 4.31 Å². The van der Waals surface area contributed by atoms with Crippen molar-refractivity contribution in [3.8, 4) is 5.75 Å². The summed E-state index contributed by atoms with van der Waals surface area (Å²) in [5, 5.41) is 5.58. The molecule has 0 radical (unpaired) electrons. The number of carbonyl (C=O) groups excluding carboxylic acids is 2. The van der Waals surface area contributed by atoms with Crippen LogP contribution in [0.1, 0.15) is 38.1 Å². The zero-order valence-electron chi connectivity index (χ0n) is 20.8. The molecule has 0 spiro atoms. The fourth-order valence-corrected chi connectivity index (χ4v) is 4.93. The maximum absolute atomic E-state index is 13.6. The van der Waals surface area contributed by atoms with E-state index in [1.54, 1.807) is 73.7 Å². The summed E-state index contributed by atoms with van der Waals surface area (Å²) in [6, 6.07) is 21.1. The standard InChI is InChI=1S/C27H31N3O5S/c1-5-35-24-18-12-11-17-23(24)30(36(33,34)20-13-7-6-8-14-20)19-25(31)28-22-16-10-9-15-21(22)26(32)29-27(2,3)4/h6-18H,5,19H2,1-4H3,(H,28,31)(H,29,32). The average Bonchev–Trinajstić information content (AvgIpc) is 2.83. The van der Waals surface area contributed by atoms with Gasteiger partial charge in [0, 0.05) is 5.54 Å². The molecule has 0 bridgehead atoms. The quantitative estimate of drug-likeness (QED) is 0.444. The summed E-state index contributed by atoms with van der Waals surface area (Å²) in [5.74, 6) is -0.636. The van der Waals surface area contributed by atoms with E-state index in [1.165, 1.54) is 12.1 Å². The molecule has 0 saturated carbocycles. The minimum absolute atomic E-state index is 0.0362. The Balaban J connectivity index is 1.97. The maximum Gasteiger partial charge on any atom is 0.264 e. The predicted octanol–water partition coefficient (Wildman–Crippen LogP) is 4.45. The van der Waals surface area contributed by atoms with Gasteiger partial charge in [0.15, 0.2) is 0 Å². The van der Waals surface area contributed by atoms with Gasteiger partial charge in [-0.05, 0) is 64.1 Å². The molecule has 0 aliphatic heterocycles. The first-order valence-electron chi connectivity index (χ1n) is 11.5. The number of amides is 2. The van der Waals surface area contributed by atoms with Crippen LogP contribution in [0.2, 0.25) is 0 Å². The Bertz CT molecular complexity index is 1320. The molecule has 2 N–H and O–H groups in total. The van der Waals surface area contributed by atoms with Crippen molar-refractivity contribution in [2.45, 2.75) is 38.1 Å². The molecule has 0 heterocycles. The van der Waals surface area contributed by atoms with Gasteiger partial charge in [0.05, 0.1) is 28.4 Å².